The maximum Gasteiger partial charge on any atom is 0.102 e. The highest BCUT2D eigenvalue weighted by Crippen LogP contribution is 2.22. The van der Waals surface area contributed by atoms with Crippen LogP contribution in [0.2, 0.25) is 0 Å². The minimum Gasteiger partial charge on any atom is -0.342 e. The van der Waals surface area contributed by atoms with Crippen molar-refractivity contribution in [2.75, 3.05) is 12.3 Å². The van der Waals surface area contributed by atoms with E-state index in [1.54, 1.807) is 0 Å². The Hall–Kier alpha value is -0.470. The Morgan fingerprint density at radius 2 is 2.18 bits per heavy atom. The molecule has 1 nitrogen and oxygen atoms in total. The maximum atomic E-state index is 2.37. The van der Waals surface area contributed by atoms with Crippen LogP contribution in [0.5, 0.6) is 0 Å². The first-order valence-corrected chi connectivity index (χ1v) is 4.98. The van der Waals surface area contributed by atoms with Gasteiger partial charge in [-0.2, -0.15) is 0 Å². The largest absolute Gasteiger partial charge is 0.342 e. The van der Waals surface area contributed by atoms with Crippen LogP contribution in [-0.2, 0) is 6.54 Å². The zero-order valence-electron chi connectivity index (χ0n) is 6.42. The first-order valence-electron chi connectivity index (χ1n) is 3.99. The summed E-state index contributed by atoms with van der Waals surface area (Å²) in [5.41, 5.74) is 1.50. The Morgan fingerprint density at radius 1 is 1.27 bits per heavy atom. The van der Waals surface area contributed by atoms with Gasteiger partial charge in [0.25, 0.3) is 0 Å². The van der Waals surface area contributed by atoms with Gasteiger partial charge in [0.05, 0.1) is 6.54 Å². The molecular formula is C9H12NS+. The van der Waals surface area contributed by atoms with E-state index in [0.717, 1.165) is 6.54 Å². The number of quaternary nitrogens is 1. The molecule has 58 valence electrons. The van der Waals surface area contributed by atoms with E-state index in [4.69, 9.17) is 0 Å². The molecule has 11 heavy (non-hydrogen) atoms. The highest BCUT2D eigenvalue weighted by molar-refractivity contribution is 7.99. The molecule has 1 aromatic carbocycles. The van der Waals surface area contributed by atoms with Crippen LogP contribution in [0.25, 0.3) is 0 Å². The third-order valence-electron chi connectivity index (χ3n) is 1.92. The van der Waals surface area contributed by atoms with E-state index in [1.165, 1.54) is 22.8 Å². The smallest absolute Gasteiger partial charge is 0.102 e. The molecule has 0 radical (unpaired) electrons. The van der Waals surface area contributed by atoms with Gasteiger partial charge >= 0.3 is 0 Å². The maximum absolute atomic E-state index is 2.37. The van der Waals surface area contributed by atoms with E-state index < -0.39 is 0 Å². The van der Waals surface area contributed by atoms with Crippen molar-refractivity contribution in [3.63, 3.8) is 0 Å². The Morgan fingerprint density at radius 3 is 3.18 bits per heavy atom. The average molecular weight is 166 g/mol. The molecule has 1 heterocycles. The fourth-order valence-electron chi connectivity index (χ4n) is 1.32. The first kappa shape index (κ1) is 7.19. The molecule has 0 atom stereocenters. The molecule has 0 saturated heterocycles. The normalized spacial score (nSPS) is 17.1. The molecule has 0 aliphatic carbocycles. The van der Waals surface area contributed by atoms with Crippen molar-refractivity contribution in [1.82, 2.24) is 0 Å². The summed E-state index contributed by atoms with van der Waals surface area (Å²) >= 11 is 1.98. The zero-order chi connectivity index (χ0) is 7.52. The van der Waals surface area contributed by atoms with Gasteiger partial charge in [0.2, 0.25) is 0 Å². The molecule has 0 saturated carbocycles. The van der Waals surface area contributed by atoms with Gasteiger partial charge in [0.15, 0.2) is 0 Å². The van der Waals surface area contributed by atoms with Crippen LogP contribution in [0.4, 0.5) is 0 Å². The number of thioether (sulfide) groups is 1. The first-order chi connectivity index (χ1) is 5.47. The van der Waals surface area contributed by atoms with Crippen LogP contribution in [0.3, 0.4) is 0 Å². The monoisotopic (exact) mass is 166 g/mol. The Labute approximate surface area is 71.2 Å². The van der Waals surface area contributed by atoms with E-state index >= 15 is 0 Å². The quantitative estimate of drug-likeness (QED) is 0.604. The number of benzene rings is 1. The highest BCUT2D eigenvalue weighted by Gasteiger charge is 2.07. The molecule has 1 aliphatic rings. The second kappa shape index (κ2) is 3.28. The number of nitrogens with two attached hydrogens (primary N) is 1. The summed E-state index contributed by atoms with van der Waals surface area (Å²) in [6.45, 7) is 2.41. The minimum atomic E-state index is 1.16. The lowest BCUT2D eigenvalue weighted by Crippen LogP contribution is -2.82. The third kappa shape index (κ3) is 1.57. The van der Waals surface area contributed by atoms with Gasteiger partial charge in [0.1, 0.15) is 6.54 Å². The van der Waals surface area contributed by atoms with Crippen molar-refractivity contribution in [3.05, 3.63) is 29.8 Å². The van der Waals surface area contributed by atoms with Gasteiger partial charge in [-0.15, -0.1) is 11.8 Å². The van der Waals surface area contributed by atoms with Crippen LogP contribution in [0.15, 0.2) is 29.2 Å². The molecule has 1 aromatic rings. The Kier molecular flexibility index (Phi) is 2.15. The second-order valence-electron chi connectivity index (χ2n) is 2.74. The number of hydrogen-bond donors (Lipinski definition) is 1. The van der Waals surface area contributed by atoms with Crippen LogP contribution >= 0.6 is 11.8 Å². The molecule has 0 aromatic heterocycles. The van der Waals surface area contributed by atoms with Gasteiger partial charge in [0, 0.05) is 16.2 Å². The van der Waals surface area contributed by atoms with Crippen LogP contribution < -0.4 is 5.32 Å². The molecule has 2 heteroatoms. The van der Waals surface area contributed by atoms with E-state index in [0.29, 0.717) is 0 Å². The van der Waals surface area contributed by atoms with Crippen molar-refractivity contribution in [3.8, 4) is 0 Å². The molecule has 1 aliphatic heterocycles. The lowest BCUT2D eigenvalue weighted by atomic mass is 10.2. The van der Waals surface area contributed by atoms with Crippen molar-refractivity contribution >= 4 is 11.8 Å². The molecular weight excluding hydrogens is 154 g/mol. The van der Waals surface area contributed by atoms with E-state index in [-0.39, 0.29) is 0 Å². The standard InChI is InChI=1S/C9H11NS/c1-2-4-9-8(3-1)7-10-5-6-11-9/h1-4,10H,5-7H2/p+1. The highest BCUT2D eigenvalue weighted by atomic mass is 32.2. The van der Waals surface area contributed by atoms with Gasteiger partial charge in [-0.1, -0.05) is 18.2 Å². The van der Waals surface area contributed by atoms with E-state index in [1.807, 2.05) is 11.8 Å². The van der Waals surface area contributed by atoms with Crippen molar-refractivity contribution < 1.29 is 5.32 Å². The second-order valence-corrected chi connectivity index (χ2v) is 3.87. The molecule has 0 amide bonds. The summed E-state index contributed by atoms with van der Waals surface area (Å²) in [7, 11) is 0. The van der Waals surface area contributed by atoms with Gasteiger partial charge < -0.3 is 5.32 Å². The molecule has 2 rings (SSSR count). The van der Waals surface area contributed by atoms with Crippen LogP contribution in [0, 0.1) is 0 Å². The summed E-state index contributed by atoms with van der Waals surface area (Å²) in [6.07, 6.45) is 0. The van der Waals surface area contributed by atoms with Gasteiger partial charge in [-0.3, -0.25) is 0 Å². The van der Waals surface area contributed by atoms with Crippen LogP contribution in [0.1, 0.15) is 5.56 Å². The predicted octanol–water partition coefficient (Wildman–Crippen LogP) is 0.856. The van der Waals surface area contributed by atoms with Gasteiger partial charge in [-0.05, 0) is 6.07 Å². The molecule has 0 fully saturated rings. The number of fused-ring (bicyclic) bond motifs is 1. The SMILES string of the molecule is c1ccc2c(c1)C[NH2+]CCS2. The summed E-state index contributed by atoms with van der Waals surface area (Å²) < 4.78 is 0. The van der Waals surface area contributed by atoms with E-state index in [9.17, 15) is 0 Å². The number of rotatable bonds is 0. The zero-order valence-corrected chi connectivity index (χ0v) is 7.23. The molecule has 0 bridgehead atoms. The number of hydrogen-bond acceptors (Lipinski definition) is 1. The minimum absolute atomic E-state index is 1.16. The fraction of sp³-hybridized carbons (Fsp3) is 0.333. The van der Waals surface area contributed by atoms with Gasteiger partial charge in [-0.25, -0.2) is 0 Å². The summed E-state index contributed by atoms with van der Waals surface area (Å²) in [6, 6.07) is 8.69. The molecule has 2 N–H and O–H groups in total. The lowest BCUT2D eigenvalue weighted by Gasteiger charge is -1.99. The molecule has 0 unspecified atom stereocenters. The Bertz CT molecular complexity index is 222. The average Bonchev–Trinajstić information content (AvgIpc) is 2.28. The summed E-state index contributed by atoms with van der Waals surface area (Å²) in [5, 5.41) is 2.37. The topological polar surface area (TPSA) is 16.6 Å². The third-order valence-corrected chi connectivity index (χ3v) is 3.07. The van der Waals surface area contributed by atoms with Crippen molar-refractivity contribution in [2.24, 2.45) is 0 Å². The molecule has 0 spiro atoms. The van der Waals surface area contributed by atoms with Crippen molar-refractivity contribution in [1.29, 1.82) is 0 Å². The van der Waals surface area contributed by atoms with Crippen LogP contribution in [-0.4, -0.2) is 12.3 Å². The van der Waals surface area contributed by atoms with Crippen molar-refractivity contribution in [2.45, 2.75) is 11.4 Å². The summed E-state index contributed by atoms with van der Waals surface area (Å²) in [5.74, 6) is 1.25. The summed E-state index contributed by atoms with van der Waals surface area (Å²) in [4.78, 5) is 1.47. The lowest BCUT2D eigenvalue weighted by molar-refractivity contribution is -0.666. The van der Waals surface area contributed by atoms with E-state index in [2.05, 4.69) is 29.6 Å². The Balaban J connectivity index is 2.33. The fourth-order valence-corrected chi connectivity index (χ4v) is 2.34. The predicted molar refractivity (Wildman–Crippen MR) is 47.7 cm³/mol.